The Hall–Kier alpha value is -1.25. The lowest BCUT2D eigenvalue weighted by atomic mass is 10.0. The topological polar surface area (TPSA) is 53.1 Å². The van der Waals surface area contributed by atoms with Crippen LogP contribution in [0.5, 0.6) is 0 Å². The fourth-order valence-electron chi connectivity index (χ4n) is 2.21. The van der Waals surface area contributed by atoms with Gasteiger partial charge in [0.25, 0.3) is 0 Å². The summed E-state index contributed by atoms with van der Waals surface area (Å²) in [5.74, 6) is -0.125. The highest BCUT2D eigenvalue weighted by molar-refractivity contribution is 5.70. The van der Waals surface area contributed by atoms with E-state index in [4.69, 9.17) is 5.11 Å². The van der Waals surface area contributed by atoms with Crippen LogP contribution in [0.2, 0.25) is 0 Å². The van der Waals surface area contributed by atoms with E-state index in [0.717, 1.165) is 5.56 Å². The van der Waals surface area contributed by atoms with Gasteiger partial charge in [-0.05, 0) is 30.4 Å². The molecule has 1 aliphatic rings. The molecule has 1 saturated carbocycles. The van der Waals surface area contributed by atoms with Crippen molar-refractivity contribution in [1.29, 1.82) is 0 Å². The first-order chi connectivity index (χ1) is 6.75. The predicted molar refractivity (Wildman–Crippen MR) is 53.3 cm³/mol. The van der Waals surface area contributed by atoms with E-state index in [1.807, 2.05) is 12.3 Å². The second-order valence-electron chi connectivity index (χ2n) is 4.02. The molecular formula is C11H15NO2. The molecule has 1 aliphatic carbocycles. The van der Waals surface area contributed by atoms with E-state index in [0.29, 0.717) is 5.92 Å². The molecule has 3 nitrogen and oxygen atoms in total. The Bertz CT molecular complexity index is 324. The summed E-state index contributed by atoms with van der Waals surface area (Å²) in [6.07, 6.45) is 7.04. The molecule has 76 valence electrons. The van der Waals surface area contributed by atoms with Gasteiger partial charge in [-0.25, -0.2) is 0 Å². The average molecular weight is 193 g/mol. The number of aromatic amines is 1. The third-order valence-electron chi connectivity index (χ3n) is 2.92. The van der Waals surface area contributed by atoms with Crippen molar-refractivity contribution in [3.63, 3.8) is 0 Å². The molecule has 0 radical (unpaired) electrons. The molecule has 0 saturated heterocycles. The van der Waals surface area contributed by atoms with Crippen molar-refractivity contribution >= 4 is 5.97 Å². The van der Waals surface area contributed by atoms with Crippen LogP contribution in [0.3, 0.4) is 0 Å². The van der Waals surface area contributed by atoms with Crippen LogP contribution in [0.4, 0.5) is 0 Å². The summed E-state index contributed by atoms with van der Waals surface area (Å²) in [5, 5.41) is 8.63. The van der Waals surface area contributed by atoms with Gasteiger partial charge in [-0.15, -0.1) is 0 Å². The van der Waals surface area contributed by atoms with E-state index < -0.39 is 5.97 Å². The maximum absolute atomic E-state index is 10.5. The molecule has 14 heavy (non-hydrogen) atoms. The number of carboxylic acids is 1. The second kappa shape index (κ2) is 3.86. The third-order valence-corrected chi connectivity index (χ3v) is 2.92. The number of rotatable bonds is 3. The second-order valence-corrected chi connectivity index (χ2v) is 4.02. The zero-order valence-corrected chi connectivity index (χ0v) is 8.12. The molecule has 0 bridgehead atoms. The van der Waals surface area contributed by atoms with Gasteiger partial charge in [0.15, 0.2) is 0 Å². The van der Waals surface area contributed by atoms with Crippen LogP contribution >= 0.6 is 0 Å². The third kappa shape index (κ3) is 1.97. The lowest BCUT2D eigenvalue weighted by Gasteiger charge is -2.04. The number of aliphatic carboxylic acids is 1. The van der Waals surface area contributed by atoms with E-state index in [-0.39, 0.29) is 6.42 Å². The zero-order chi connectivity index (χ0) is 9.97. The molecular weight excluding hydrogens is 178 g/mol. The maximum atomic E-state index is 10.5. The Balaban J connectivity index is 2.05. The van der Waals surface area contributed by atoms with E-state index in [2.05, 4.69) is 4.98 Å². The van der Waals surface area contributed by atoms with E-state index in [1.54, 1.807) is 0 Å². The van der Waals surface area contributed by atoms with Crippen LogP contribution < -0.4 is 0 Å². The van der Waals surface area contributed by atoms with Gasteiger partial charge in [-0.3, -0.25) is 4.79 Å². The number of carboxylic acid groups (broad SMARTS) is 1. The van der Waals surface area contributed by atoms with Gasteiger partial charge in [-0.2, -0.15) is 0 Å². The van der Waals surface area contributed by atoms with Crippen molar-refractivity contribution in [2.45, 2.75) is 38.0 Å². The summed E-state index contributed by atoms with van der Waals surface area (Å²) >= 11 is 0. The predicted octanol–water partition coefficient (Wildman–Crippen LogP) is 2.30. The van der Waals surface area contributed by atoms with Crippen molar-refractivity contribution in [2.75, 3.05) is 0 Å². The minimum Gasteiger partial charge on any atom is -0.481 e. The first kappa shape index (κ1) is 9.31. The Morgan fingerprint density at radius 2 is 2.21 bits per heavy atom. The van der Waals surface area contributed by atoms with Crippen LogP contribution in [0.25, 0.3) is 0 Å². The number of hydrogen-bond acceptors (Lipinski definition) is 1. The zero-order valence-electron chi connectivity index (χ0n) is 8.12. The molecule has 3 heteroatoms. The van der Waals surface area contributed by atoms with Gasteiger partial charge in [0.2, 0.25) is 0 Å². The van der Waals surface area contributed by atoms with Gasteiger partial charge in [0.05, 0.1) is 6.42 Å². The van der Waals surface area contributed by atoms with Crippen LogP contribution in [0.15, 0.2) is 12.3 Å². The summed E-state index contributed by atoms with van der Waals surface area (Å²) in [7, 11) is 0. The Morgan fingerprint density at radius 3 is 2.86 bits per heavy atom. The van der Waals surface area contributed by atoms with Crippen LogP contribution in [0.1, 0.15) is 42.9 Å². The lowest BCUT2D eigenvalue weighted by molar-refractivity contribution is -0.136. The van der Waals surface area contributed by atoms with Crippen molar-refractivity contribution in [3.8, 4) is 0 Å². The highest BCUT2D eigenvalue weighted by Crippen LogP contribution is 2.33. The molecule has 2 N–H and O–H groups in total. The highest BCUT2D eigenvalue weighted by Gasteiger charge is 2.18. The SMILES string of the molecule is O=C(O)Cc1c[nH]c(C2CCCC2)c1. The van der Waals surface area contributed by atoms with E-state index in [1.165, 1.54) is 31.4 Å². The van der Waals surface area contributed by atoms with Crippen LogP contribution in [-0.2, 0) is 11.2 Å². The number of H-pyrrole nitrogens is 1. The Kier molecular flexibility index (Phi) is 2.57. The number of aromatic nitrogens is 1. The van der Waals surface area contributed by atoms with E-state index in [9.17, 15) is 4.79 Å². The lowest BCUT2D eigenvalue weighted by Crippen LogP contribution is -1.98. The smallest absolute Gasteiger partial charge is 0.307 e. The Morgan fingerprint density at radius 1 is 1.50 bits per heavy atom. The van der Waals surface area contributed by atoms with Crippen molar-refractivity contribution in [1.82, 2.24) is 4.98 Å². The van der Waals surface area contributed by atoms with Gasteiger partial charge in [0.1, 0.15) is 0 Å². The number of nitrogens with one attached hydrogen (secondary N) is 1. The molecule has 0 amide bonds. The van der Waals surface area contributed by atoms with Crippen molar-refractivity contribution in [2.24, 2.45) is 0 Å². The normalized spacial score (nSPS) is 17.4. The summed E-state index contributed by atoms with van der Waals surface area (Å²) in [6, 6.07) is 2.00. The molecule has 1 heterocycles. The molecule has 1 aromatic heterocycles. The quantitative estimate of drug-likeness (QED) is 0.773. The van der Waals surface area contributed by atoms with Gasteiger partial charge >= 0.3 is 5.97 Å². The monoisotopic (exact) mass is 193 g/mol. The largest absolute Gasteiger partial charge is 0.481 e. The fraction of sp³-hybridized carbons (Fsp3) is 0.545. The first-order valence-corrected chi connectivity index (χ1v) is 5.14. The average Bonchev–Trinajstić information content (AvgIpc) is 2.69. The summed E-state index contributed by atoms with van der Waals surface area (Å²) in [5.41, 5.74) is 2.11. The van der Waals surface area contributed by atoms with Crippen molar-refractivity contribution in [3.05, 3.63) is 23.5 Å². The highest BCUT2D eigenvalue weighted by atomic mass is 16.4. The van der Waals surface area contributed by atoms with Gasteiger partial charge in [0, 0.05) is 11.9 Å². The van der Waals surface area contributed by atoms with E-state index >= 15 is 0 Å². The minimum atomic E-state index is -0.762. The van der Waals surface area contributed by atoms with Crippen molar-refractivity contribution < 1.29 is 9.90 Å². The van der Waals surface area contributed by atoms with Crippen LogP contribution in [-0.4, -0.2) is 16.1 Å². The fourth-order valence-corrected chi connectivity index (χ4v) is 2.21. The summed E-state index contributed by atoms with van der Waals surface area (Å²) in [4.78, 5) is 13.7. The van der Waals surface area contributed by atoms with Crippen LogP contribution in [0, 0.1) is 0 Å². The molecule has 0 unspecified atom stereocenters. The summed E-state index contributed by atoms with van der Waals surface area (Å²) in [6.45, 7) is 0. The molecule has 0 aromatic carbocycles. The van der Waals surface area contributed by atoms with Gasteiger partial charge < -0.3 is 10.1 Å². The molecule has 2 rings (SSSR count). The number of hydrogen-bond donors (Lipinski definition) is 2. The summed E-state index contributed by atoms with van der Waals surface area (Å²) < 4.78 is 0. The standard InChI is InChI=1S/C11H15NO2/c13-11(14)6-8-5-10(12-7-8)9-3-1-2-4-9/h5,7,9,12H,1-4,6H2,(H,13,14). The number of carbonyl (C=O) groups is 1. The van der Waals surface area contributed by atoms with Gasteiger partial charge in [-0.1, -0.05) is 12.8 Å². The minimum absolute atomic E-state index is 0.128. The molecule has 1 aromatic rings. The molecule has 1 fully saturated rings. The molecule has 0 spiro atoms. The first-order valence-electron chi connectivity index (χ1n) is 5.14. The Labute approximate surface area is 83.1 Å². The molecule has 0 atom stereocenters. The maximum Gasteiger partial charge on any atom is 0.307 e. The molecule has 0 aliphatic heterocycles.